The van der Waals surface area contributed by atoms with Gasteiger partial charge in [0.25, 0.3) is 5.91 Å². The van der Waals surface area contributed by atoms with Crippen molar-refractivity contribution in [3.63, 3.8) is 0 Å². The lowest BCUT2D eigenvalue weighted by Gasteiger charge is -2.29. The fourth-order valence-corrected chi connectivity index (χ4v) is 3.74. The van der Waals surface area contributed by atoms with Crippen molar-refractivity contribution in [2.24, 2.45) is 0 Å². The fourth-order valence-electron chi connectivity index (χ4n) is 3.74. The van der Waals surface area contributed by atoms with Gasteiger partial charge in [-0.25, -0.2) is 9.59 Å². The standard InChI is InChI=1S/C17H23N3O3.C4H4O4/c1-10(21)18-13-5-6-15(16(9-13)23-2)17(22)20-14-7-11-3-4-12(8-14)19-11;5-3(6)1-2-4(7)8/h5-6,9,11-12,14,19H,3-4,7-8H2,1-2H3,(H,18,21)(H,20,22);1-2H,(H,5,6)(H,7,8)/b;2-1+. The van der Waals surface area contributed by atoms with E-state index in [1.807, 2.05) is 0 Å². The predicted octanol–water partition coefficient (Wildman–Crippen LogP) is 1.38. The molecule has 0 aliphatic carbocycles. The van der Waals surface area contributed by atoms with Crippen LogP contribution < -0.4 is 20.7 Å². The van der Waals surface area contributed by atoms with Crippen molar-refractivity contribution >= 4 is 29.4 Å². The van der Waals surface area contributed by atoms with Gasteiger partial charge in [0.1, 0.15) is 5.75 Å². The van der Waals surface area contributed by atoms with E-state index in [-0.39, 0.29) is 17.9 Å². The van der Waals surface area contributed by atoms with Gasteiger partial charge in [0.05, 0.1) is 12.7 Å². The molecule has 1 aromatic carbocycles. The van der Waals surface area contributed by atoms with Gasteiger partial charge < -0.3 is 30.9 Å². The molecular formula is C21H27N3O7. The topological polar surface area (TPSA) is 154 Å². The highest BCUT2D eigenvalue weighted by Gasteiger charge is 2.34. The molecule has 0 spiro atoms. The summed E-state index contributed by atoms with van der Waals surface area (Å²) in [5, 5.41) is 25.0. The third kappa shape index (κ3) is 7.74. The number of fused-ring (bicyclic) bond motifs is 2. The molecule has 2 atom stereocenters. The molecule has 2 bridgehead atoms. The van der Waals surface area contributed by atoms with Crippen molar-refractivity contribution in [1.82, 2.24) is 10.6 Å². The predicted molar refractivity (Wildman–Crippen MR) is 112 cm³/mol. The molecule has 2 saturated heterocycles. The van der Waals surface area contributed by atoms with Crippen LogP contribution in [0, 0.1) is 0 Å². The van der Waals surface area contributed by atoms with Gasteiger partial charge in [-0.1, -0.05) is 0 Å². The quantitative estimate of drug-likeness (QED) is 0.422. The molecule has 0 aromatic heterocycles. The Labute approximate surface area is 179 Å². The Hall–Kier alpha value is -3.40. The van der Waals surface area contributed by atoms with Crippen molar-refractivity contribution in [2.75, 3.05) is 12.4 Å². The minimum atomic E-state index is -1.26. The number of amides is 2. The lowest BCUT2D eigenvalue weighted by atomic mass is 9.99. The zero-order valence-electron chi connectivity index (χ0n) is 17.4. The van der Waals surface area contributed by atoms with Crippen LogP contribution in [-0.2, 0) is 14.4 Å². The van der Waals surface area contributed by atoms with Gasteiger partial charge in [0.2, 0.25) is 5.91 Å². The van der Waals surface area contributed by atoms with Crippen LogP contribution in [0.4, 0.5) is 5.69 Å². The van der Waals surface area contributed by atoms with E-state index in [1.54, 1.807) is 18.2 Å². The number of carboxylic acids is 2. The molecular weight excluding hydrogens is 406 g/mol. The molecule has 10 nitrogen and oxygen atoms in total. The first kappa shape index (κ1) is 23.9. The molecule has 10 heteroatoms. The second kappa shape index (κ2) is 11.1. The number of methoxy groups -OCH3 is 1. The van der Waals surface area contributed by atoms with Crippen molar-refractivity contribution in [3.05, 3.63) is 35.9 Å². The molecule has 2 aliphatic rings. The lowest BCUT2D eigenvalue weighted by molar-refractivity contribution is -0.134. The molecule has 3 rings (SSSR count). The highest BCUT2D eigenvalue weighted by Crippen LogP contribution is 2.28. The largest absolute Gasteiger partial charge is 0.496 e. The second-order valence-electron chi connectivity index (χ2n) is 7.39. The number of aliphatic carboxylic acids is 2. The zero-order chi connectivity index (χ0) is 23.0. The number of carboxylic acid groups (broad SMARTS) is 2. The molecule has 2 unspecified atom stereocenters. The van der Waals surface area contributed by atoms with Crippen LogP contribution in [0.2, 0.25) is 0 Å². The molecule has 2 amide bonds. The zero-order valence-corrected chi connectivity index (χ0v) is 17.4. The SMILES string of the molecule is COc1cc(NC(C)=O)ccc1C(=O)NC1CC2CCC(C1)N2.O=C(O)/C=C/C(=O)O. The number of rotatable bonds is 6. The number of carbonyl (C=O) groups is 4. The average molecular weight is 433 g/mol. The summed E-state index contributed by atoms with van der Waals surface area (Å²) >= 11 is 0. The van der Waals surface area contributed by atoms with Gasteiger partial charge in [-0.3, -0.25) is 9.59 Å². The Kier molecular flexibility index (Phi) is 8.56. The molecule has 0 radical (unpaired) electrons. The minimum absolute atomic E-state index is 0.123. The Morgan fingerprint density at radius 2 is 1.65 bits per heavy atom. The van der Waals surface area contributed by atoms with Gasteiger partial charge in [-0.15, -0.1) is 0 Å². The number of piperidine rings is 1. The van der Waals surface area contributed by atoms with Crippen molar-refractivity contribution < 1.29 is 34.1 Å². The Bertz CT molecular complexity index is 841. The van der Waals surface area contributed by atoms with Crippen LogP contribution in [0.1, 0.15) is 43.0 Å². The van der Waals surface area contributed by atoms with Crippen molar-refractivity contribution in [3.8, 4) is 5.75 Å². The smallest absolute Gasteiger partial charge is 0.328 e. The van der Waals surface area contributed by atoms with Gasteiger partial charge in [-0.05, 0) is 37.8 Å². The molecule has 1 aromatic rings. The molecule has 2 heterocycles. The highest BCUT2D eigenvalue weighted by molar-refractivity contribution is 5.98. The monoisotopic (exact) mass is 433 g/mol. The van der Waals surface area contributed by atoms with E-state index in [9.17, 15) is 19.2 Å². The average Bonchev–Trinajstić information content (AvgIpc) is 3.04. The summed E-state index contributed by atoms with van der Waals surface area (Å²) in [6, 6.07) is 6.34. The number of nitrogens with one attached hydrogen (secondary N) is 3. The summed E-state index contributed by atoms with van der Waals surface area (Å²) in [5.74, 6) is -2.33. The van der Waals surface area contributed by atoms with Gasteiger partial charge in [-0.2, -0.15) is 0 Å². The molecule has 31 heavy (non-hydrogen) atoms. The summed E-state index contributed by atoms with van der Waals surface area (Å²) in [5.41, 5.74) is 1.11. The van der Waals surface area contributed by atoms with Gasteiger partial charge in [0.15, 0.2) is 0 Å². The first-order valence-corrected chi connectivity index (χ1v) is 9.84. The number of benzene rings is 1. The molecule has 5 N–H and O–H groups in total. The number of ether oxygens (including phenoxy) is 1. The van der Waals surface area contributed by atoms with E-state index in [4.69, 9.17) is 14.9 Å². The molecule has 168 valence electrons. The van der Waals surface area contributed by atoms with E-state index >= 15 is 0 Å². The van der Waals surface area contributed by atoms with Crippen molar-refractivity contribution in [1.29, 1.82) is 0 Å². The van der Waals surface area contributed by atoms with Crippen LogP contribution in [0.5, 0.6) is 5.75 Å². The number of anilines is 1. The Morgan fingerprint density at radius 1 is 1.06 bits per heavy atom. The highest BCUT2D eigenvalue weighted by atomic mass is 16.5. The van der Waals surface area contributed by atoms with E-state index < -0.39 is 11.9 Å². The summed E-state index contributed by atoms with van der Waals surface area (Å²) in [6.45, 7) is 1.44. The van der Waals surface area contributed by atoms with Crippen LogP contribution >= 0.6 is 0 Å². The van der Waals surface area contributed by atoms with E-state index in [0.29, 0.717) is 41.2 Å². The molecule has 0 saturated carbocycles. The first-order valence-electron chi connectivity index (χ1n) is 9.84. The first-order chi connectivity index (χ1) is 14.7. The van der Waals surface area contributed by atoms with Crippen LogP contribution in [0.3, 0.4) is 0 Å². The maximum absolute atomic E-state index is 12.6. The minimum Gasteiger partial charge on any atom is -0.496 e. The van der Waals surface area contributed by atoms with Crippen LogP contribution in [0.15, 0.2) is 30.4 Å². The maximum Gasteiger partial charge on any atom is 0.328 e. The number of hydrogen-bond donors (Lipinski definition) is 5. The number of hydrogen-bond acceptors (Lipinski definition) is 6. The normalized spacial score (nSPS) is 21.5. The Balaban J connectivity index is 0.000000366. The van der Waals surface area contributed by atoms with E-state index in [1.165, 1.54) is 26.9 Å². The van der Waals surface area contributed by atoms with E-state index in [2.05, 4.69) is 16.0 Å². The third-order valence-corrected chi connectivity index (χ3v) is 4.94. The summed E-state index contributed by atoms with van der Waals surface area (Å²) in [4.78, 5) is 42.8. The maximum atomic E-state index is 12.6. The third-order valence-electron chi connectivity index (χ3n) is 4.94. The van der Waals surface area contributed by atoms with Crippen molar-refractivity contribution in [2.45, 2.75) is 50.7 Å². The second-order valence-corrected chi connectivity index (χ2v) is 7.39. The Morgan fingerprint density at radius 3 is 2.13 bits per heavy atom. The van der Waals surface area contributed by atoms with Gasteiger partial charge >= 0.3 is 11.9 Å². The summed E-state index contributed by atoms with van der Waals surface area (Å²) in [7, 11) is 1.52. The summed E-state index contributed by atoms with van der Waals surface area (Å²) in [6.07, 6.45) is 5.48. The molecule has 2 aliphatic heterocycles. The van der Waals surface area contributed by atoms with Crippen LogP contribution in [0.25, 0.3) is 0 Å². The fraction of sp³-hybridized carbons (Fsp3) is 0.429. The van der Waals surface area contributed by atoms with Gasteiger partial charge in [0, 0.05) is 49.0 Å². The number of carbonyl (C=O) groups excluding carboxylic acids is 2. The van der Waals surface area contributed by atoms with E-state index in [0.717, 1.165) is 12.8 Å². The lowest BCUT2D eigenvalue weighted by Crippen LogP contribution is -2.48. The summed E-state index contributed by atoms with van der Waals surface area (Å²) < 4.78 is 5.31. The molecule has 2 fully saturated rings. The van der Waals surface area contributed by atoms with Crippen LogP contribution in [-0.4, -0.2) is 59.2 Å².